The van der Waals surface area contributed by atoms with E-state index in [1.807, 2.05) is 13.0 Å². The highest BCUT2D eigenvalue weighted by Crippen LogP contribution is 2.29. The molecular weight excluding hydrogens is 471 g/mol. The molecule has 0 aliphatic heterocycles. The van der Waals surface area contributed by atoms with Gasteiger partial charge in [-0.1, -0.05) is 36.4 Å². The minimum absolute atomic E-state index is 0.156. The van der Waals surface area contributed by atoms with Gasteiger partial charge >= 0.3 is 11.9 Å². The summed E-state index contributed by atoms with van der Waals surface area (Å²) in [5.41, 5.74) is 0.613. The molecule has 0 radical (unpaired) electrons. The van der Waals surface area contributed by atoms with Crippen molar-refractivity contribution in [2.75, 3.05) is 0 Å². The maximum absolute atomic E-state index is 13.7. The van der Waals surface area contributed by atoms with E-state index in [4.69, 9.17) is 0 Å². The number of para-hydroxylation sites is 1. The molecule has 1 aromatic heterocycles. The SMILES string of the molecule is Cc1cccc(-n2c(=O)c3ccccc3n([C@@H](C)C(=O)NCc3cccc(C(F)(F)F)c3)c2=O)c1C. The minimum atomic E-state index is -4.50. The highest BCUT2D eigenvalue weighted by atomic mass is 19.4. The second kappa shape index (κ2) is 9.49. The molecule has 186 valence electrons. The standard InChI is InChI=1S/C27H24F3N3O3/c1-16-8-6-13-22(17(16)2)33-25(35)21-11-4-5-12-23(21)32(26(33)36)18(3)24(34)31-15-19-9-7-10-20(14-19)27(28,29)30/h4-14,18H,15H2,1-3H3,(H,31,34)/t18-/m0/s1. The van der Waals surface area contributed by atoms with E-state index in [1.54, 1.807) is 43.3 Å². The Kier molecular flexibility index (Phi) is 6.58. The van der Waals surface area contributed by atoms with Gasteiger partial charge in [-0.3, -0.25) is 14.2 Å². The summed E-state index contributed by atoms with van der Waals surface area (Å²) >= 11 is 0. The van der Waals surface area contributed by atoms with Crippen LogP contribution in [-0.2, 0) is 17.5 Å². The van der Waals surface area contributed by atoms with Crippen LogP contribution in [0.15, 0.2) is 76.3 Å². The van der Waals surface area contributed by atoms with E-state index in [0.29, 0.717) is 5.69 Å². The summed E-state index contributed by atoms with van der Waals surface area (Å²) in [6, 6.07) is 15.4. The van der Waals surface area contributed by atoms with Gasteiger partial charge in [0.1, 0.15) is 6.04 Å². The molecule has 0 saturated carbocycles. The van der Waals surface area contributed by atoms with Crippen LogP contribution in [0.4, 0.5) is 13.2 Å². The lowest BCUT2D eigenvalue weighted by Crippen LogP contribution is -2.43. The third-order valence-electron chi connectivity index (χ3n) is 6.30. The Morgan fingerprint density at radius 3 is 2.39 bits per heavy atom. The molecule has 9 heteroatoms. The smallest absolute Gasteiger partial charge is 0.350 e. The van der Waals surface area contributed by atoms with Crippen molar-refractivity contribution >= 4 is 16.8 Å². The molecule has 3 aromatic carbocycles. The molecule has 4 rings (SSSR count). The Morgan fingerprint density at radius 1 is 0.972 bits per heavy atom. The van der Waals surface area contributed by atoms with E-state index < -0.39 is 34.9 Å². The number of carbonyl (C=O) groups is 1. The van der Waals surface area contributed by atoms with Crippen LogP contribution >= 0.6 is 0 Å². The van der Waals surface area contributed by atoms with Crippen LogP contribution in [0.5, 0.6) is 0 Å². The van der Waals surface area contributed by atoms with Crippen molar-refractivity contribution < 1.29 is 18.0 Å². The monoisotopic (exact) mass is 495 g/mol. The molecule has 0 saturated heterocycles. The molecule has 1 N–H and O–H groups in total. The number of hydrogen-bond acceptors (Lipinski definition) is 3. The van der Waals surface area contributed by atoms with Gasteiger partial charge in [0.05, 0.1) is 22.2 Å². The summed E-state index contributed by atoms with van der Waals surface area (Å²) in [6.07, 6.45) is -4.50. The van der Waals surface area contributed by atoms with Crippen molar-refractivity contribution in [3.05, 3.63) is 110 Å². The van der Waals surface area contributed by atoms with E-state index in [9.17, 15) is 27.6 Å². The zero-order valence-corrected chi connectivity index (χ0v) is 19.9. The normalized spacial score (nSPS) is 12.5. The van der Waals surface area contributed by atoms with Crippen molar-refractivity contribution in [3.8, 4) is 5.69 Å². The van der Waals surface area contributed by atoms with Gasteiger partial charge < -0.3 is 5.32 Å². The summed E-state index contributed by atoms with van der Waals surface area (Å²) in [6.45, 7) is 5.03. The summed E-state index contributed by atoms with van der Waals surface area (Å²) in [7, 11) is 0. The van der Waals surface area contributed by atoms with Crippen LogP contribution < -0.4 is 16.6 Å². The molecule has 6 nitrogen and oxygen atoms in total. The number of aryl methyl sites for hydroxylation is 1. The molecular formula is C27H24F3N3O3. The molecule has 0 fully saturated rings. The van der Waals surface area contributed by atoms with Crippen molar-refractivity contribution in [2.45, 2.75) is 39.5 Å². The molecule has 36 heavy (non-hydrogen) atoms. The Bertz CT molecular complexity index is 1590. The highest BCUT2D eigenvalue weighted by molar-refractivity contribution is 5.84. The summed E-state index contributed by atoms with van der Waals surface area (Å²) in [5, 5.41) is 2.87. The number of benzene rings is 3. The Hall–Kier alpha value is -4.14. The van der Waals surface area contributed by atoms with Crippen LogP contribution in [0.2, 0.25) is 0 Å². The number of halogens is 3. The molecule has 1 atom stereocenters. The van der Waals surface area contributed by atoms with Gasteiger partial charge in [-0.2, -0.15) is 13.2 Å². The number of fused-ring (bicyclic) bond motifs is 1. The van der Waals surface area contributed by atoms with E-state index in [-0.39, 0.29) is 23.0 Å². The zero-order chi connectivity index (χ0) is 26.2. The van der Waals surface area contributed by atoms with Crippen LogP contribution in [-0.4, -0.2) is 15.0 Å². The lowest BCUT2D eigenvalue weighted by molar-refractivity contribution is -0.137. The molecule has 0 aliphatic rings. The van der Waals surface area contributed by atoms with E-state index in [1.165, 1.54) is 23.6 Å². The first-order valence-corrected chi connectivity index (χ1v) is 11.3. The van der Waals surface area contributed by atoms with Crippen LogP contribution in [0, 0.1) is 13.8 Å². The largest absolute Gasteiger partial charge is 0.416 e. The lowest BCUT2D eigenvalue weighted by atomic mass is 10.1. The Labute approximate surface area is 204 Å². The maximum atomic E-state index is 13.7. The van der Waals surface area contributed by atoms with Crippen LogP contribution in [0.25, 0.3) is 16.6 Å². The van der Waals surface area contributed by atoms with Gasteiger partial charge in [0.25, 0.3) is 5.56 Å². The Morgan fingerprint density at radius 2 is 1.67 bits per heavy atom. The molecule has 4 aromatic rings. The maximum Gasteiger partial charge on any atom is 0.416 e. The minimum Gasteiger partial charge on any atom is -0.350 e. The van der Waals surface area contributed by atoms with Gasteiger partial charge in [0.15, 0.2) is 0 Å². The molecule has 0 unspecified atom stereocenters. The second-order valence-corrected chi connectivity index (χ2v) is 8.62. The first kappa shape index (κ1) is 25.0. The third kappa shape index (κ3) is 4.56. The van der Waals surface area contributed by atoms with Crippen LogP contribution in [0.1, 0.15) is 35.2 Å². The summed E-state index contributed by atoms with van der Waals surface area (Å²) < 4.78 is 41.4. The number of carbonyl (C=O) groups excluding carboxylic acids is 1. The van der Waals surface area contributed by atoms with Gasteiger partial charge in [-0.05, 0) is 67.8 Å². The second-order valence-electron chi connectivity index (χ2n) is 8.62. The number of rotatable bonds is 5. The average Bonchev–Trinajstić information content (AvgIpc) is 2.84. The third-order valence-corrected chi connectivity index (χ3v) is 6.30. The summed E-state index contributed by atoms with van der Waals surface area (Å²) in [4.78, 5) is 40.1. The number of nitrogens with one attached hydrogen (secondary N) is 1. The van der Waals surface area contributed by atoms with Crippen molar-refractivity contribution in [1.82, 2.24) is 14.5 Å². The first-order chi connectivity index (χ1) is 17.0. The zero-order valence-electron chi connectivity index (χ0n) is 19.9. The fourth-order valence-electron chi connectivity index (χ4n) is 4.16. The fraction of sp³-hybridized carbons (Fsp3) is 0.222. The van der Waals surface area contributed by atoms with Gasteiger partial charge in [0.2, 0.25) is 5.91 Å². The molecule has 0 aliphatic carbocycles. The number of amides is 1. The lowest BCUT2D eigenvalue weighted by Gasteiger charge is -2.20. The Balaban J connectivity index is 1.76. The average molecular weight is 496 g/mol. The topological polar surface area (TPSA) is 73.1 Å². The number of hydrogen-bond donors (Lipinski definition) is 1. The van der Waals surface area contributed by atoms with Gasteiger partial charge in [0, 0.05) is 6.54 Å². The van der Waals surface area contributed by atoms with Crippen LogP contribution in [0.3, 0.4) is 0 Å². The number of alkyl halides is 3. The number of aromatic nitrogens is 2. The van der Waals surface area contributed by atoms with Crippen molar-refractivity contribution in [2.24, 2.45) is 0 Å². The molecule has 1 amide bonds. The van der Waals surface area contributed by atoms with Crippen molar-refractivity contribution in [1.29, 1.82) is 0 Å². The van der Waals surface area contributed by atoms with E-state index in [0.717, 1.165) is 27.8 Å². The predicted molar refractivity (Wildman–Crippen MR) is 131 cm³/mol. The first-order valence-electron chi connectivity index (χ1n) is 11.3. The van der Waals surface area contributed by atoms with Crippen molar-refractivity contribution in [3.63, 3.8) is 0 Å². The quantitative estimate of drug-likeness (QED) is 0.438. The van der Waals surface area contributed by atoms with Gasteiger partial charge in [-0.25, -0.2) is 9.36 Å². The molecule has 0 spiro atoms. The fourth-order valence-corrected chi connectivity index (χ4v) is 4.16. The van der Waals surface area contributed by atoms with E-state index in [2.05, 4.69) is 5.32 Å². The van der Waals surface area contributed by atoms with Gasteiger partial charge in [-0.15, -0.1) is 0 Å². The summed E-state index contributed by atoms with van der Waals surface area (Å²) in [5.74, 6) is -0.578. The number of nitrogens with zero attached hydrogens (tertiary/aromatic N) is 2. The highest BCUT2D eigenvalue weighted by Gasteiger charge is 2.30. The molecule has 0 bridgehead atoms. The van der Waals surface area contributed by atoms with E-state index >= 15 is 0 Å². The predicted octanol–water partition coefficient (Wildman–Crippen LogP) is 4.67. The molecule has 1 heterocycles.